The first-order valence-electron chi connectivity index (χ1n) is 8.87. The third-order valence-electron chi connectivity index (χ3n) is 6.17. The zero-order chi connectivity index (χ0) is 17.9. The van der Waals surface area contributed by atoms with Gasteiger partial charge in [0.2, 0.25) is 0 Å². The standard InChI is InChI=1S/C20H26FNO3/c1-24-18(23)20-9-6-19(7-10-20,8-11-20)16-2-4-17(5-3-16)25-14-15(12-21)13-22/h2-5,12H,6-11,13-14,22H2,1H3/b15-12+. The van der Waals surface area contributed by atoms with Crippen molar-refractivity contribution in [2.75, 3.05) is 20.3 Å². The SMILES string of the molecule is COC(=O)C12CCC(c3ccc(OC/C(=C/F)CN)cc3)(CC1)CC2. The van der Waals surface area contributed by atoms with Crippen molar-refractivity contribution in [3.63, 3.8) is 0 Å². The molecule has 0 spiro atoms. The van der Waals surface area contributed by atoms with Gasteiger partial charge in [0.15, 0.2) is 0 Å². The topological polar surface area (TPSA) is 61.5 Å². The lowest BCUT2D eigenvalue weighted by molar-refractivity contribution is -0.160. The lowest BCUT2D eigenvalue weighted by Gasteiger charge is -2.52. The van der Waals surface area contributed by atoms with Gasteiger partial charge in [0.05, 0.1) is 18.9 Å². The Morgan fingerprint density at radius 2 is 1.76 bits per heavy atom. The van der Waals surface area contributed by atoms with Crippen molar-refractivity contribution in [2.24, 2.45) is 11.1 Å². The molecule has 3 fully saturated rings. The van der Waals surface area contributed by atoms with Gasteiger partial charge in [0, 0.05) is 12.1 Å². The lowest BCUT2D eigenvalue weighted by atomic mass is 9.52. The highest BCUT2D eigenvalue weighted by Crippen LogP contribution is 2.58. The molecule has 0 heterocycles. The van der Waals surface area contributed by atoms with E-state index in [0.717, 1.165) is 38.5 Å². The minimum Gasteiger partial charge on any atom is -0.489 e. The van der Waals surface area contributed by atoms with Crippen molar-refractivity contribution in [1.29, 1.82) is 0 Å². The number of methoxy groups -OCH3 is 1. The summed E-state index contributed by atoms with van der Waals surface area (Å²) in [6.45, 7) is 0.318. The number of fused-ring (bicyclic) bond motifs is 3. The van der Waals surface area contributed by atoms with Crippen LogP contribution < -0.4 is 10.5 Å². The normalized spacial score (nSPS) is 28.7. The third-order valence-corrected chi connectivity index (χ3v) is 6.17. The van der Waals surface area contributed by atoms with Crippen LogP contribution in [-0.4, -0.2) is 26.2 Å². The van der Waals surface area contributed by atoms with Crippen LogP contribution in [0.1, 0.15) is 44.1 Å². The maximum atomic E-state index is 12.5. The molecule has 136 valence electrons. The molecule has 2 N–H and O–H groups in total. The van der Waals surface area contributed by atoms with E-state index in [2.05, 4.69) is 12.1 Å². The van der Waals surface area contributed by atoms with E-state index in [1.807, 2.05) is 12.1 Å². The number of carbonyl (C=O) groups is 1. The second-order valence-corrected chi connectivity index (χ2v) is 7.34. The van der Waals surface area contributed by atoms with Crippen molar-refractivity contribution >= 4 is 5.97 Å². The Morgan fingerprint density at radius 1 is 1.16 bits per heavy atom. The first-order chi connectivity index (χ1) is 12.1. The van der Waals surface area contributed by atoms with Crippen LogP contribution in [0.4, 0.5) is 4.39 Å². The molecule has 0 aliphatic heterocycles. The molecule has 0 unspecified atom stereocenters. The predicted molar refractivity (Wildman–Crippen MR) is 94.0 cm³/mol. The molecule has 3 saturated carbocycles. The molecule has 3 aliphatic carbocycles. The Hall–Kier alpha value is -1.88. The molecule has 0 aromatic heterocycles. The van der Waals surface area contributed by atoms with Crippen molar-refractivity contribution in [3.05, 3.63) is 41.7 Å². The summed E-state index contributed by atoms with van der Waals surface area (Å²) in [5, 5.41) is 0. The molecule has 5 heteroatoms. The quantitative estimate of drug-likeness (QED) is 0.798. The van der Waals surface area contributed by atoms with Gasteiger partial charge in [-0.15, -0.1) is 0 Å². The molecule has 4 rings (SSSR count). The Balaban J connectivity index is 1.67. The van der Waals surface area contributed by atoms with E-state index in [1.165, 1.54) is 12.7 Å². The highest BCUT2D eigenvalue weighted by Gasteiger charge is 2.53. The fourth-order valence-corrected chi connectivity index (χ4v) is 4.36. The van der Waals surface area contributed by atoms with E-state index in [9.17, 15) is 9.18 Å². The number of carbonyl (C=O) groups excluding carboxylic acids is 1. The Bertz CT molecular complexity index is 629. The number of benzene rings is 1. The van der Waals surface area contributed by atoms with Gasteiger partial charge < -0.3 is 15.2 Å². The van der Waals surface area contributed by atoms with E-state index in [1.54, 1.807) is 0 Å². The highest BCUT2D eigenvalue weighted by molar-refractivity contribution is 5.77. The average molecular weight is 347 g/mol. The zero-order valence-electron chi connectivity index (χ0n) is 14.7. The van der Waals surface area contributed by atoms with Crippen molar-refractivity contribution in [3.8, 4) is 5.75 Å². The van der Waals surface area contributed by atoms with Gasteiger partial charge in [0.1, 0.15) is 12.4 Å². The highest BCUT2D eigenvalue weighted by atomic mass is 19.1. The monoisotopic (exact) mass is 347 g/mol. The average Bonchev–Trinajstić information content (AvgIpc) is 2.70. The van der Waals surface area contributed by atoms with Crippen LogP contribution in [0.5, 0.6) is 5.75 Å². The summed E-state index contributed by atoms with van der Waals surface area (Å²) >= 11 is 0. The summed E-state index contributed by atoms with van der Waals surface area (Å²) in [5.41, 5.74) is 7.07. The molecule has 25 heavy (non-hydrogen) atoms. The molecule has 2 bridgehead atoms. The van der Waals surface area contributed by atoms with Gasteiger partial charge in [-0.2, -0.15) is 0 Å². The van der Waals surface area contributed by atoms with Gasteiger partial charge >= 0.3 is 5.97 Å². The van der Waals surface area contributed by atoms with E-state index < -0.39 is 0 Å². The van der Waals surface area contributed by atoms with Crippen molar-refractivity contribution in [2.45, 2.75) is 43.9 Å². The first-order valence-corrected chi connectivity index (χ1v) is 8.87. The number of hydrogen-bond donors (Lipinski definition) is 1. The van der Waals surface area contributed by atoms with Crippen LogP contribution in [0.3, 0.4) is 0 Å². The largest absolute Gasteiger partial charge is 0.489 e. The van der Waals surface area contributed by atoms with Gasteiger partial charge in [-0.1, -0.05) is 12.1 Å². The molecular weight excluding hydrogens is 321 g/mol. The van der Waals surface area contributed by atoms with Crippen molar-refractivity contribution < 1.29 is 18.7 Å². The maximum Gasteiger partial charge on any atom is 0.311 e. The number of nitrogens with two attached hydrogens (primary N) is 1. The van der Waals surface area contributed by atoms with Crippen LogP contribution in [0, 0.1) is 5.41 Å². The number of esters is 1. The van der Waals surface area contributed by atoms with Gasteiger partial charge in [0.25, 0.3) is 0 Å². The molecule has 3 aliphatic rings. The second kappa shape index (κ2) is 7.16. The number of halogens is 1. The molecule has 0 radical (unpaired) electrons. The summed E-state index contributed by atoms with van der Waals surface area (Å²) in [6, 6.07) is 8.08. The van der Waals surface area contributed by atoms with Crippen LogP contribution in [0.15, 0.2) is 36.2 Å². The van der Waals surface area contributed by atoms with Crippen LogP contribution in [0.25, 0.3) is 0 Å². The summed E-state index contributed by atoms with van der Waals surface area (Å²) < 4.78 is 23.1. The van der Waals surface area contributed by atoms with Crippen LogP contribution in [0.2, 0.25) is 0 Å². The zero-order valence-corrected chi connectivity index (χ0v) is 14.7. The van der Waals surface area contributed by atoms with Gasteiger partial charge in [-0.3, -0.25) is 4.79 Å². The minimum absolute atomic E-state index is 0.0406. The van der Waals surface area contributed by atoms with Crippen molar-refractivity contribution in [1.82, 2.24) is 0 Å². The van der Waals surface area contributed by atoms with Gasteiger partial charge in [-0.25, -0.2) is 4.39 Å². The van der Waals surface area contributed by atoms with E-state index in [0.29, 0.717) is 17.7 Å². The maximum absolute atomic E-state index is 12.5. The van der Waals surface area contributed by atoms with Gasteiger partial charge in [-0.05, 0) is 61.6 Å². The molecule has 1 aromatic rings. The molecule has 0 saturated heterocycles. The Morgan fingerprint density at radius 3 is 2.24 bits per heavy atom. The fourth-order valence-electron chi connectivity index (χ4n) is 4.36. The second-order valence-electron chi connectivity index (χ2n) is 7.34. The Labute approximate surface area is 148 Å². The minimum atomic E-state index is -0.253. The molecule has 1 aromatic carbocycles. The van der Waals surface area contributed by atoms with E-state index >= 15 is 0 Å². The first kappa shape index (κ1) is 17.9. The summed E-state index contributed by atoms with van der Waals surface area (Å²) in [4.78, 5) is 12.1. The smallest absolute Gasteiger partial charge is 0.311 e. The lowest BCUT2D eigenvalue weighted by Crippen LogP contribution is -2.48. The van der Waals surface area contributed by atoms with Crippen LogP contribution in [-0.2, 0) is 14.9 Å². The molecule has 0 atom stereocenters. The van der Waals surface area contributed by atoms with E-state index in [4.69, 9.17) is 15.2 Å². The third kappa shape index (κ3) is 3.30. The molecular formula is C20H26FNO3. The number of ether oxygens (including phenoxy) is 2. The molecule has 4 nitrogen and oxygen atoms in total. The van der Waals surface area contributed by atoms with Crippen LogP contribution >= 0.6 is 0 Å². The summed E-state index contributed by atoms with van der Waals surface area (Å²) in [6.07, 6.45) is 6.26. The predicted octanol–water partition coefficient (Wildman–Crippen LogP) is 3.64. The Kier molecular flexibility index (Phi) is 5.13. The number of rotatable bonds is 6. The summed E-state index contributed by atoms with van der Waals surface area (Å²) in [5.74, 6) is 0.671. The molecule has 0 amide bonds. The fraction of sp³-hybridized carbons (Fsp3) is 0.550. The number of hydrogen-bond acceptors (Lipinski definition) is 4. The van der Waals surface area contributed by atoms with E-state index in [-0.39, 0.29) is 30.0 Å². The summed E-state index contributed by atoms with van der Waals surface area (Å²) in [7, 11) is 1.49.